The van der Waals surface area contributed by atoms with E-state index in [9.17, 15) is 9.59 Å². The SMILES string of the molecule is CC(C)C[C@@H](NC(=O)c1ccccc1Cl)C(N)=O. The van der Waals surface area contributed by atoms with Gasteiger partial charge >= 0.3 is 0 Å². The quantitative estimate of drug-likeness (QED) is 0.857. The van der Waals surface area contributed by atoms with E-state index < -0.39 is 11.9 Å². The van der Waals surface area contributed by atoms with Crippen LogP contribution >= 0.6 is 11.6 Å². The summed E-state index contributed by atoms with van der Waals surface area (Å²) in [7, 11) is 0. The minimum Gasteiger partial charge on any atom is -0.368 e. The average molecular weight is 269 g/mol. The van der Waals surface area contributed by atoms with Crippen LogP contribution in [0.4, 0.5) is 0 Å². The lowest BCUT2D eigenvalue weighted by molar-refractivity contribution is -0.120. The van der Waals surface area contributed by atoms with Crippen LogP contribution in [0.5, 0.6) is 0 Å². The maximum atomic E-state index is 12.0. The third kappa shape index (κ3) is 4.04. The zero-order valence-electron chi connectivity index (χ0n) is 10.4. The summed E-state index contributed by atoms with van der Waals surface area (Å²) in [5, 5.41) is 2.96. The van der Waals surface area contributed by atoms with Gasteiger partial charge in [-0.1, -0.05) is 37.6 Å². The molecule has 0 spiro atoms. The summed E-state index contributed by atoms with van der Waals surface area (Å²) < 4.78 is 0. The number of amides is 2. The minimum absolute atomic E-state index is 0.258. The van der Waals surface area contributed by atoms with Gasteiger partial charge in [0.25, 0.3) is 5.91 Å². The summed E-state index contributed by atoms with van der Waals surface area (Å²) in [5.74, 6) is -0.664. The Morgan fingerprint density at radius 1 is 1.33 bits per heavy atom. The Hall–Kier alpha value is -1.55. The lowest BCUT2D eigenvalue weighted by atomic mass is 10.0. The Kier molecular flexibility index (Phi) is 5.16. The molecule has 1 aromatic carbocycles. The van der Waals surface area contributed by atoms with E-state index in [1.54, 1.807) is 24.3 Å². The lowest BCUT2D eigenvalue weighted by Gasteiger charge is -2.17. The molecule has 0 aliphatic heterocycles. The predicted octanol–water partition coefficient (Wildman–Crippen LogP) is 1.97. The number of halogens is 1. The first-order valence-electron chi connectivity index (χ1n) is 5.76. The Morgan fingerprint density at radius 2 is 1.94 bits per heavy atom. The molecule has 1 atom stereocenters. The number of carbonyl (C=O) groups excluding carboxylic acids is 2. The molecule has 1 aromatic rings. The second kappa shape index (κ2) is 6.40. The standard InChI is InChI=1S/C13H17ClN2O2/c1-8(2)7-11(12(15)17)16-13(18)9-5-3-4-6-10(9)14/h3-6,8,11H,7H2,1-2H3,(H2,15,17)(H,16,18)/t11-/m1/s1. The Labute approximate surface area is 112 Å². The van der Waals surface area contributed by atoms with Crippen LogP contribution in [0.2, 0.25) is 5.02 Å². The fourth-order valence-corrected chi connectivity index (χ4v) is 1.82. The molecule has 0 unspecified atom stereocenters. The van der Waals surface area contributed by atoms with Gasteiger partial charge in [0.15, 0.2) is 0 Å². The number of hydrogen-bond donors (Lipinski definition) is 2. The first-order chi connectivity index (χ1) is 8.41. The second-order valence-electron chi connectivity index (χ2n) is 4.54. The van der Waals surface area contributed by atoms with Crippen LogP contribution in [-0.4, -0.2) is 17.9 Å². The Balaban J connectivity index is 2.79. The first-order valence-corrected chi connectivity index (χ1v) is 6.14. The molecule has 0 aromatic heterocycles. The summed E-state index contributed by atoms with van der Waals surface area (Å²) in [6.45, 7) is 3.91. The molecule has 0 bridgehead atoms. The van der Waals surface area contributed by atoms with E-state index in [0.717, 1.165) is 0 Å². The van der Waals surface area contributed by atoms with Crippen LogP contribution < -0.4 is 11.1 Å². The van der Waals surface area contributed by atoms with Gasteiger partial charge in [0.1, 0.15) is 6.04 Å². The molecule has 2 amide bonds. The van der Waals surface area contributed by atoms with Crippen LogP contribution in [0.1, 0.15) is 30.6 Å². The molecule has 0 aliphatic carbocycles. The average Bonchev–Trinajstić information content (AvgIpc) is 2.27. The van der Waals surface area contributed by atoms with Crippen molar-refractivity contribution in [3.05, 3.63) is 34.9 Å². The van der Waals surface area contributed by atoms with Crippen LogP contribution in [0.15, 0.2) is 24.3 Å². The monoisotopic (exact) mass is 268 g/mol. The zero-order chi connectivity index (χ0) is 13.7. The molecular formula is C13H17ClN2O2. The largest absolute Gasteiger partial charge is 0.368 e. The number of carbonyl (C=O) groups is 2. The smallest absolute Gasteiger partial charge is 0.253 e. The molecule has 0 heterocycles. The molecule has 98 valence electrons. The molecule has 18 heavy (non-hydrogen) atoms. The topological polar surface area (TPSA) is 72.2 Å². The molecule has 3 N–H and O–H groups in total. The molecule has 4 nitrogen and oxygen atoms in total. The number of nitrogens with two attached hydrogens (primary N) is 1. The van der Waals surface area contributed by atoms with Crippen LogP contribution in [0.3, 0.4) is 0 Å². The second-order valence-corrected chi connectivity index (χ2v) is 4.95. The number of nitrogens with one attached hydrogen (secondary N) is 1. The van der Waals surface area contributed by atoms with Crippen molar-refractivity contribution in [2.24, 2.45) is 11.7 Å². The van der Waals surface area contributed by atoms with E-state index >= 15 is 0 Å². The van der Waals surface area contributed by atoms with Crippen LogP contribution in [0, 0.1) is 5.92 Å². The number of hydrogen-bond acceptors (Lipinski definition) is 2. The zero-order valence-corrected chi connectivity index (χ0v) is 11.2. The van der Waals surface area contributed by atoms with E-state index in [2.05, 4.69) is 5.32 Å². The fourth-order valence-electron chi connectivity index (χ4n) is 1.60. The van der Waals surface area contributed by atoms with Gasteiger partial charge in [0, 0.05) is 0 Å². The van der Waals surface area contributed by atoms with Crippen LogP contribution in [0.25, 0.3) is 0 Å². The van der Waals surface area contributed by atoms with Crippen molar-refractivity contribution >= 4 is 23.4 Å². The van der Waals surface area contributed by atoms with E-state index in [1.165, 1.54) is 0 Å². The third-order valence-corrected chi connectivity index (χ3v) is 2.80. The van der Waals surface area contributed by atoms with E-state index in [0.29, 0.717) is 17.0 Å². The summed E-state index contributed by atoms with van der Waals surface area (Å²) in [5.41, 5.74) is 5.60. The van der Waals surface area contributed by atoms with Gasteiger partial charge in [-0.15, -0.1) is 0 Å². The lowest BCUT2D eigenvalue weighted by Crippen LogP contribution is -2.45. The highest BCUT2D eigenvalue weighted by Crippen LogP contribution is 2.15. The number of primary amides is 1. The van der Waals surface area contributed by atoms with Crippen molar-refractivity contribution in [2.45, 2.75) is 26.3 Å². The van der Waals surface area contributed by atoms with Crippen molar-refractivity contribution in [1.82, 2.24) is 5.32 Å². The fraction of sp³-hybridized carbons (Fsp3) is 0.385. The van der Waals surface area contributed by atoms with Crippen molar-refractivity contribution in [2.75, 3.05) is 0 Å². The van der Waals surface area contributed by atoms with E-state index in [1.807, 2.05) is 13.8 Å². The summed E-state index contributed by atoms with van der Waals surface area (Å²) in [6.07, 6.45) is 0.505. The van der Waals surface area contributed by atoms with Gasteiger partial charge in [0.2, 0.25) is 5.91 Å². The Morgan fingerprint density at radius 3 is 2.44 bits per heavy atom. The molecule has 0 aliphatic rings. The molecule has 5 heteroatoms. The van der Waals surface area contributed by atoms with Gasteiger partial charge in [-0.25, -0.2) is 0 Å². The molecule has 0 radical (unpaired) electrons. The maximum Gasteiger partial charge on any atom is 0.253 e. The molecule has 0 fully saturated rings. The number of rotatable bonds is 5. The molecule has 0 saturated heterocycles. The Bertz CT molecular complexity index is 446. The van der Waals surface area contributed by atoms with Crippen molar-refractivity contribution in [3.8, 4) is 0 Å². The highest BCUT2D eigenvalue weighted by molar-refractivity contribution is 6.33. The van der Waals surface area contributed by atoms with E-state index in [4.69, 9.17) is 17.3 Å². The van der Waals surface area contributed by atoms with E-state index in [-0.39, 0.29) is 11.8 Å². The van der Waals surface area contributed by atoms with Crippen molar-refractivity contribution in [1.29, 1.82) is 0 Å². The highest BCUT2D eigenvalue weighted by Gasteiger charge is 2.20. The molecular weight excluding hydrogens is 252 g/mol. The van der Waals surface area contributed by atoms with Gasteiger partial charge in [-0.05, 0) is 24.5 Å². The van der Waals surface area contributed by atoms with Crippen molar-refractivity contribution < 1.29 is 9.59 Å². The van der Waals surface area contributed by atoms with Gasteiger partial charge in [0.05, 0.1) is 10.6 Å². The number of benzene rings is 1. The highest BCUT2D eigenvalue weighted by atomic mass is 35.5. The summed E-state index contributed by atoms with van der Waals surface area (Å²) in [6, 6.07) is 6.00. The predicted molar refractivity (Wildman–Crippen MR) is 71.4 cm³/mol. The maximum absolute atomic E-state index is 12.0. The molecule has 1 rings (SSSR count). The first kappa shape index (κ1) is 14.5. The summed E-state index contributed by atoms with van der Waals surface area (Å²) >= 11 is 5.91. The van der Waals surface area contributed by atoms with Gasteiger partial charge in [-0.3, -0.25) is 9.59 Å². The van der Waals surface area contributed by atoms with Crippen LogP contribution in [-0.2, 0) is 4.79 Å². The third-order valence-electron chi connectivity index (χ3n) is 2.47. The normalized spacial score (nSPS) is 12.2. The molecule has 0 saturated carbocycles. The summed E-state index contributed by atoms with van der Waals surface area (Å²) in [4.78, 5) is 23.2. The van der Waals surface area contributed by atoms with Gasteiger partial charge < -0.3 is 11.1 Å². The van der Waals surface area contributed by atoms with Crippen molar-refractivity contribution in [3.63, 3.8) is 0 Å². The van der Waals surface area contributed by atoms with Gasteiger partial charge in [-0.2, -0.15) is 0 Å². The minimum atomic E-state index is -0.672.